The summed E-state index contributed by atoms with van der Waals surface area (Å²) in [6.07, 6.45) is 3.35. The molecule has 1 heterocycles. The highest BCUT2D eigenvalue weighted by Gasteiger charge is 2.37. The van der Waals surface area contributed by atoms with Gasteiger partial charge >= 0.3 is 12.0 Å². The lowest BCUT2D eigenvalue weighted by atomic mass is 10.0. The lowest BCUT2D eigenvalue weighted by Gasteiger charge is -2.26. The minimum Gasteiger partial charge on any atom is -0.490 e. The van der Waals surface area contributed by atoms with Crippen LogP contribution in [0.2, 0.25) is 5.02 Å². The van der Waals surface area contributed by atoms with E-state index < -0.39 is 23.8 Å². The molecule has 0 unspecified atom stereocenters. The molecule has 4 amide bonds. The Balaban J connectivity index is 2.04. The Bertz CT molecular complexity index is 1290. The first-order valence-electron chi connectivity index (χ1n) is 11.6. The maximum absolute atomic E-state index is 13.3. The summed E-state index contributed by atoms with van der Waals surface area (Å²) < 4.78 is 16.4. The first-order valence-corrected chi connectivity index (χ1v) is 11.9. The van der Waals surface area contributed by atoms with E-state index in [4.69, 9.17) is 25.8 Å². The monoisotopic (exact) mass is 526 g/mol. The van der Waals surface area contributed by atoms with Crippen LogP contribution in [0.1, 0.15) is 30.5 Å². The number of carbonyl (C=O) groups is 4. The number of allylic oxidation sites excluding steroid dienone is 1. The predicted octanol–water partition coefficient (Wildman–Crippen LogP) is 4.38. The van der Waals surface area contributed by atoms with Crippen molar-refractivity contribution < 1.29 is 33.4 Å². The zero-order valence-electron chi connectivity index (χ0n) is 20.8. The Morgan fingerprint density at radius 1 is 1.11 bits per heavy atom. The third-order valence-corrected chi connectivity index (χ3v) is 5.69. The molecule has 0 spiro atoms. The number of barbiturate groups is 1. The summed E-state index contributed by atoms with van der Waals surface area (Å²) in [6.45, 7) is 9.20. The molecule has 1 fully saturated rings. The first kappa shape index (κ1) is 27.5. The van der Waals surface area contributed by atoms with Crippen LogP contribution in [0.4, 0.5) is 10.5 Å². The lowest BCUT2D eigenvalue weighted by Crippen LogP contribution is -2.54. The molecule has 2 aromatic rings. The van der Waals surface area contributed by atoms with Crippen LogP contribution in [0.3, 0.4) is 0 Å². The molecular formula is C27H27ClN2O7. The first-order chi connectivity index (χ1) is 17.7. The second-order valence-electron chi connectivity index (χ2n) is 7.92. The second kappa shape index (κ2) is 12.2. The average Bonchev–Trinajstić information content (AvgIpc) is 2.84. The molecule has 0 aromatic heterocycles. The van der Waals surface area contributed by atoms with Gasteiger partial charge in [-0.25, -0.2) is 14.5 Å². The summed E-state index contributed by atoms with van der Waals surface area (Å²) in [5.41, 5.74) is 1.79. The van der Waals surface area contributed by atoms with E-state index in [1.807, 2.05) is 0 Å². The Kier molecular flexibility index (Phi) is 9.08. The molecule has 10 heteroatoms. The number of ether oxygens (including phenoxy) is 3. The third-order valence-electron chi connectivity index (χ3n) is 5.28. The second-order valence-corrected chi connectivity index (χ2v) is 8.33. The zero-order chi connectivity index (χ0) is 27.1. The van der Waals surface area contributed by atoms with E-state index in [9.17, 15) is 19.2 Å². The summed E-state index contributed by atoms with van der Waals surface area (Å²) in [4.78, 5) is 51.1. The number of halogens is 1. The fourth-order valence-electron chi connectivity index (χ4n) is 3.61. The minimum absolute atomic E-state index is 0.219. The van der Waals surface area contributed by atoms with Crippen molar-refractivity contribution in [3.63, 3.8) is 0 Å². The van der Waals surface area contributed by atoms with Crippen LogP contribution in [0.15, 0.2) is 48.6 Å². The number of carbonyl (C=O) groups excluding carboxylic acids is 4. The molecule has 9 nitrogen and oxygen atoms in total. The Morgan fingerprint density at radius 3 is 2.51 bits per heavy atom. The van der Waals surface area contributed by atoms with Crippen molar-refractivity contribution in [2.24, 2.45) is 0 Å². The van der Waals surface area contributed by atoms with Gasteiger partial charge in [0.25, 0.3) is 11.8 Å². The number of esters is 1. The van der Waals surface area contributed by atoms with E-state index in [1.165, 1.54) is 12.1 Å². The number of rotatable bonds is 10. The molecule has 0 saturated carbocycles. The molecule has 194 valence electrons. The van der Waals surface area contributed by atoms with Gasteiger partial charge in [0, 0.05) is 10.6 Å². The van der Waals surface area contributed by atoms with E-state index in [-0.39, 0.29) is 24.5 Å². The SMILES string of the molecule is C=CCc1cc(/C=C2/C(=O)NC(=O)N(c3ccc(C)c(Cl)c3)C2=O)cc(OCC)c1OCC(=O)OCC. The summed E-state index contributed by atoms with van der Waals surface area (Å²) in [6, 6.07) is 7.10. The smallest absolute Gasteiger partial charge is 0.344 e. The quantitative estimate of drug-likeness (QED) is 0.211. The van der Waals surface area contributed by atoms with E-state index in [0.29, 0.717) is 40.7 Å². The number of aryl methyl sites for hydroxylation is 1. The van der Waals surface area contributed by atoms with Crippen LogP contribution in [0.25, 0.3) is 6.08 Å². The summed E-state index contributed by atoms with van der Waals surface area (Å²) in [7, 11) is 0. The molecule has 1 N–H and O–H groups in total. The maximum Gasteiger partial charge on any atom is 0.344 e. The molecule has 37 heavy (non-hydrogen) atoms. The van der Waals surface area contributed by atoms with Crippen molar-refractivity contribution in [3.8, 4) is 11.5 Å². The number of imide groups is 2. The Labute approximate surface area is 219 Å². The van der Waals surface area contributed by atoms with Gasteiger partial charge in [0.05, 0.1) is 18.9 Å². The van der Waals surface area contributed by atoms with Gasteiger partial charge in [-0.05, 0) is 68.7 Å². The highest BCUT2D eigenvalue weighted by molar-refractivity contribution is 6.39. The molecule has 2 aromatic carbocycles. The van der Waals surface area contributed by atoms with Gasteiger partial charge < -0.3 is 14.2 Å². The third kappa shape index (κ3) is 6.37. The van der Waals surface area contributed by atoms with Crippen molar-refractivity contribution in [1.82, 2.24) is 5.32 Å². The predicted molar refractivity (Wildman–Crippen MR) is 139 cm³/mol. The molecule has 1 aliphatic heterocycles. The standard InChI is InChI=1S/C27H27ClN2O7/c1-5-8-18-11-17(13-22(35-6-2)24(18)37-15-23(31)36-7-3)12-20-25(32)29-27(34)30(26(20)33)19-10-9-16(4)21(28)14-19/h5,9-14H,1,6-8,15H2,2-4H3,(H,29,32,34)/b20-12-. The minimum atomic E-state index is -0.878. The van der Waals surface area contributed by atoms with Crippen molar-refractivity contribution >= 4 is 47.2 Å². The summed E-state index contributed by atoms with van der Waals surface area (Å²) in [5.74, 6) is -1.55. The van der Waals surface area contributed by atoms with Crippen LogP contribution in [0.5, 0.6) is 11.5 Å². The number of benzene rings is 2. The topological polar surface area (TPSA) is 111 Å². The summed E-state index contributed by atoms with van der Waals surface area (Å²) in [5, 5.41) is 2.56. The lowest BCUT2D eigenvalue weighted by molar-refractivity contribution is -0.145. The molecule has 0 radical (unpaired) electrons. The number of nitrogens with one attached hydrogen (secondary N) is 1. The maximum atomic E-state index is 13.3. The van der Waals surface area contributed by atoms with E-state index in [1.54, 1.807) is 51.1 Å². The molecule has 0 aliphatic carbocycles. The van der Waals surface area contributed by atoms with Gasteiger partial charge in [-0.2, -0.15) is 0 Å². The van der Waals surface area contributed by atoms with Crippen molar-refractivity contribution in [3.05, 3.63) is 70.3 Å². The van der Waals surface area contributed by atoms with Crippen molar-refractivity contribution in [2.75, 3.05) is 24.7 Å². The fourth-order valence-corrected chi connectivity index (χ4v) is 3.79. The van der Waals surface area contributed by atoms with E-state index in [0.717, 1.165) is 10.5 Å². The normalized spacial score (nSPS) is 14.4. The van der Waals surface area contributed by atoms with Crippen LogP contribution >= 0.6 is 11.6 Å². The molecule has 0 bridgehead atoms. The van der Waals surface area contributed by atoms with Gasteiger partial charge in [0.1, 0.15) is 5.57 Å². The Hall–Kier alpha value is -4.11. The highest BCUT2D eigenvalue weighted by atomic mass is 35.5. The average molecular weight is 527 g/mol. The van der Waals surface area contributed by atoms with E-state index >= 15 is 0 Å². The molecule has 3 rings (SSSR count). The van der Waals surface area contributed by atoms with Crippen LogP contribution in [-0.4, -0.2) is 43.6 Å². The van der Waals surface area contributed by atoms with Gasteiger partial charge in [-0.15, -0.1) is 6.58 Å². The van der Waals surface area contributed by atoms with Crippen molar-refractivity contribution in [1.29, 1.82) is 0 Å². The van der Waals surface area contributed by atoms with Crippen LogP contribution in [0, 0.1) is 6.92 Å². The fraction of sp³-hybridized carbons (Fsp3) is 0.259. The Morgan fingerprint density at radius 2 is 1.86 bits per heavy atom. The zero-order valence-corrected chi connectivity index (χ0v) is 21.5. The largest absolute Gasteiger partial charge is 0.490 e. The molecule has 1 saturated heterocycles. The number of anilines is 1. The molecular weight excluding hydrogens is 500 g/mol. The number of hydrogen-bond acceptors (Lipinski definition) is 7. The van der Waals surface area contributed by atoms with Crippen LogP contribution < -0.4 is 19.7 Å². The highest BCUT2D eigenvalue weighted by Crippen LogP contribution is 2.35. The molecule has 1 aliphatic rings. The van der Waals surface area contributed by atoms with Gasteiger partial charge in [0.2, 0.25) is 0 Å². The number of hydrogen-bond donors (Lipinski definition) is 1. The van der Waals surface area contributed by atoms with Gasteiger partial charge in [-0.3, -0.25) is 14.9 Å². The van der Waals surface area contributed by atoms with Crippen molar-refractivity contribution in [2.45, 2.75) is 27.2 Å². The van der Waals surface area contributed by atoms with Gasteiger partial charge in [0.15, 0.2) is 18.1 Å². The number of amides is 4. The van der Waals surface area contributed by atoms with Gasteiger partial charge in [-0.1, -0.05) is 23.7 Å². The number of urea groups is 1. The molecule has 0 atom stereocenters. The summed E-state index contributed by atoms with van der Waals surface area (Å²) >= 11 is 6.18. The number of nitrogens with zero attached hydrogens (tertiary/aromatic N) is 1. The van der Waals surface area contributed by atoms with E-state index in [2.05, 4.69) is 11.9 Å². The van der Waals surface area contributed by atoms with Crippen LogP contribution in [-0.2, 0) is 25.5 Å².